The average Bonchev–Trinajstić information content (AvgIpc) is 2.45. The van der Waals surface area contributed by atoms with Gasteiger partial charge in [0.1, 0.15) is 5.82 Å². The van der Waals surface area contributed by atoms with Crippen LogP contribution >= 0.6 is 39.1 Å². The lowest BCUT2D eigenvalue weighted by Gasteiger charge is -2.21. The maximum Gasteiger partial charge on any atom is 0.123 e. The zero-order chi connectivity index (χ0) is 15.4. The molecule has 1 N–H and O–H groups in total. The first-order valence-corrected chi connectivity index (χ1v) is 8.19. The highest BCUT2D eigenvalue weighted by Gasteiger charge is 2.17. The number of likely N-dealkylation sites (N-methyl/N-ethyl adjacent to an activating group) is 1. The Bertz CT molecular complexity index is 634. The fourth-order valence-electron chi connectivity index (χ4n) is 2.25. The minimum atomic E-state index is -0.287. The van der Waals surface area contributed by atoms with Gasteiger partial charge in [-0.15, -0.1) is 0 Å². The second-order valence-corrected chi connectivity index (χ2v) is 6.33. The van der Waals surface area contributed by atoms with E-state index in [1.165, 1.54) is 12.1 Å². The predicted molar refractivity (Wildman–Crippen MR) is 90.7 cm³/mol. The highest BCUT2D eigenvalue weighted by Crippen LogP contribution is 2.33. The van der Waals surface area contributed by atoms with Gasteiger partial charge in [-0.25, -0.2) is 4.39 Å². The summed E-state index contributed by atoms with van der Waals surface area (Å²) in [6.07, 6.45) is 0.570. The zero-order valence-corrected chi connectivity index (χ0v) is 14.6. The van der Waals surface area contributed by atoms with Crippen LogP contribution in [0.3, 0.4) is 0 Å². The second kappa shape index (κ2) is 7.59. The van der Waals surface area contributed by atoms with Crippen molar-refractivity contribution < 1.29 is 4.39 Å². The van der Waals surface area contributed by atoms with Gasteiger partial charge in [-0.05, 0) is 64.3 Å². The standard InChI is InChI=1S/C16H15BrCl2FN/c1-2-21-15(12-4-3-5-13(17)16(12)19)9-10-8-11(20)6-7-14(10)18/h3-8,15,21H,2,9H2,1H3. The van der Waals surface area contributed by atoms with Gasteiger partial charge in [-0.1, -0.05) is 42.3 Å². The number of nitrogens with one attached hydrogen (secondary N) is 1. The molecule has 0 saturated heterocycles. The fourth-order valence-corrected chi connectivity index (χ4v) is 3.08. The van der Waals surface area contributed by atoms with Crippen LogP contribution in [0.4, 0.5) is 4.39 Å². The maximum absolute atomic E-state index is 13.4. The molecule has 0 spiro atoms. The highest BCUT2D eigenvalue weighted by molar-refractivity contribution is 9.10. The first-order valence-electron chi connectivity index (χ1n) is 6.64. The molecule has 0 amide bonds. The highest BCUT2D eigenvalue weighted by atomic mass is 79.9. The molecule has 112 valence electrons. The number of halogens is 4. The summed E-state index contributed by atoms with van der Waals surface area (Å²) in [4.78, 5) is 0. The van der Waals surface area contributed by atoms with Crippen molar-refractivity contribution in [3.05, 3.63) is 67.9 Å². The number of benzene rings is 2. The van der Waals surface area contributed by atoms with E-state index < -0.39 is 0 Å². The summed E-state index contributed by atoms with van der Waals surface area (Å²) < 4.78 is 14.3. The van der Waals surface area contributed by atoms with Crippen LogP contribution in [0.25, 0.3) is 0 Å². The van der Waals surface area contributed by atoms with Gasteiger partial charge in [0, 0.05) is 15.5 Å². The van der Waals surface area contributed by atoms with Gasteiger partial charge in [0.25, 0.3) is 0 Å². The Balaban J connectivity index is 2.35. The summed E-state index contributed by atoms with van der Waals surface area (Å²) in [7, 11) is 0. The molecule has 0 heterocycles. The van der Waals surface area contributed by atoms with E-state index in [2.05, 4.69) is 21.2 Å². The second-order valence-electron chi connectivity index (χ2n) is 4.69. The molecule has 1 atom stereocenters. The Morgan fingerprint density at radius 1 is 1.24 bits per heavy atom. The molecule has 5 heteroatoms. The molecule has 0 saturated carbocycles. The molecule has 0 radical (unpaired) electrons. The summed E-state index contributed by atoms with van der Waals surface area (Å²) in [5.41, 5.74) is 1.73. The Kier molecular flexibility index (Phi) is 6.06. The van der Waals surface area contributed by atoms with E-state index in [-0.39, 0.29) is 11.9 Å². The van der Waals surface area contributed by atoms with Gasteiger partial charge in [0.15, 0.2) is 0 Å². The van der Waals surface area contributed by atoms with Crippen molar-refractivity contribution in [2.24, 2.45) is 0 Å². The van der Waals surface area contributed by atoms with Gasteiger partial charge in [-0.3, -0.25) is 0 Å². The fraction of sp³-hybridized carbons (Fsp3) is 0.250. The molecule has 2 rings (SSSR count). The normalized spacial score (nSPS) is 12.4. The number of rotatable bonds is 5. The molecule has 2 aromatic carbocycles. The third-order valence-electron chi connectivity index (χ3n) is 3.24. The molecule has 0 aromatic heterocycles. The number of hydrogen-bond donors (Lipinski definition) is 1. The lowest BCUT2D eigenvalue weighted by molar-refractivity contribution is 0.547. The Labute approximate surface area is 142 Å². The molecule has 0 bridgehead atoms. The molecule has 1 nitrogen and oxygen atoms in total. The molecule has 21 heavy (non-hydrogen) atoms. The molecule has 0 aliphatic rings. The molecule has 0 aliphatic heterocycles. The van der Waals surface area contributed by atoms with Crippen molar-refractivity contribution in [1.29, 1.82) is 0 Å². The summed E-state index contributed by atoms with van der Waals surface area (Å²) in [6, 6.07) is 10.2. The zero-order valence-electron chi connectivity index (χ0n) is 11.5. The van der Waals surface area contributed by atoms with E-state index in [1.54, 1.807) is 6.07 Å². The van der Waals surface area contributed by atoms with Gasteiger partial charge < -0.3 is 5.32 Å². The molecule has 1 unspecified atom stereocenters. The summed E-state index contributed by atoms with van der Waals surface area (Å²) in [5, 5.41) is 4.60. The molecule has 0 fully saturated rings. The lowest BCUT2D eigenvalue weighted by Crippen LogP contribution is -2.23. The van der Waals surface area contributed by atoms with Crippen molar-refractivity contribution in [2.75, 3.05) is 6.54 Å². The van der Waals surface area contributed by atoms with Gasteiger partial charge in [-0.2, -0.15) is 0 Å². The molecule has 0 aliphatic carbocycles. The monoisotopic (exact) mass is 389 g/mol. The SMILES string of the molecule is CCNC(Cc1cc(F)ccc1Cl)c1cccc(Br)c1Cl. The summed E-state index contributed by atoms with van der Waals surface area (Å²) >= 11 is 16.0. The number of hydrogen-bond acceptors (Lipinski definition) is 1. The van der Waals surface area contributed by atoms with E-state index in [4.69, 9.17) is 23.2 Å². The summed E-state index contributed by atoms with van der Waals surface area (Å²) in [6.45, 7) is 2.80. The Hall–Kier alpha value is -0.610. The van der Waals surface area contributed by atoms with Crippen LogP contribution in [0.15, 0.2) is 40.9 Å². The quantitative estimate of drug-likeness (QED) is 0.681. The molecule has 2 aromatic rings. The van der Waals surface area contributed by atoms with Crippen molar-refractivity contribution in [3.8, 4) is 0 Å². The first-order chi connectivity index (χ1) is 10.0. The molecular formula is C16H15BrCl2FN. The van der Waals surface area contributed by atoms with Gasteiger partial charge in [0.2, 0.25) is 0 Å². The van der Waals surface area contributed by atoms with Crippen molar-refractivity contribution >= 4 is 39.1 Å². The summed E-state index contributed by atoms with van der Waals surface area (Å²) in [5.74, 6) is -0.287. The van der Waals surface area contributed by atoms with E-state index in [9.17, 15) is 4.39 Å². The third-order valence-corrected chi connectivity index (χ3v) is 4.92. The van der Waals surface area contributed by atoms with Crippen molar-refractivity contribution in [2.45, 2.75) is 19.4 Å². The minimum Gasteiger partial charge on any atom is -0.310 e. The Morgan fingerprint density at radius 2 is 2.00 bits per heavy atom. The van der Waals surface area contributed by atoms with Gasteiger partial charge >= 0.3 is 0 Å². The third kappa shape index (κ3) is 4.19. The van der Waals surface area contributed by atoms with E-state index in [0.717, 1.165) is 22.1 Å². The largest absolute Gasteiger partial charge is 0.310 e. The maximum atomic E-state index is 13.4. The molecular weight excluding hydrogens is 376 g/mol. The van der Waals surface area contributed by atoms with Crippen LogP contribution in [0, 0.1) is 5.82 Å². The smallest absolute Gasteiger partial charge is 0.123 e. The van der Waals surface area contributed by atoms with E-state index in [1.807, 2.05) is 25.1 Å². The van der Waals surface area contributed by atoms with Crippen LogP contribution in [0.5, 0.6) is 0 Å². The van der Waals surface area contributed by atoms with Gasteiger partial charge in [0.05, 0.1) is 5.02 Å². The van der Waals surface area contributed by atoms with Crippen molar-refractivity contribution in [1.82, 2.24) is 5.32 Å². The van der Waals surface area contributed by atoms with Crippen LogP contribution in [-0.4, -0.2) is 6.54 Å². The topological polar surface area (TPSA) is 12.0 Å². The first kappa shape index (κ1) is 16.8. The Morgan fingerprint density at radius 3 is 2.71 bits per heavy atom. The van der Waals surface area contributed by atoms with Crippen LogP contribution in [0.1, 0.15) is 24.1 Å². The van der Waals surface area contributed by atoms with Crippen LogP contribution in [-0.2, 0) is 6.42 Å². The van der Waals surface area contributed by atoms with E-state index >= 15 is 0 Å². The van der Waals surface area contributed by atoms with Crippen LogP contribution < -0.4 is 5.32 Å². The minimum absolute atomic E-state index is 0.0284. The van der Waals surface area contributed by atoms with Crippen molar-refractivity contribution in [3.63, 3.8) is 0 Å². The van der Waals surface area contributed by atoms with Crippen LogP contribution in [0.2, 0.25) is 10.0 Å². The lowest BCUT2D eigenvalue weighted by atomic mass is 9.98. The van der Waals surface area contributed by atoms with E-state index in [0.29, 0.717) is 16.5 Å². The predicted octanol–water partition coefficient (Wildman–Crippen LogP) is 5.79. The average molecular weight is 391 g/mol.